The number of rotatable bonds is 9. The van der Waals surface area contributed by atoms with Crippen molar-refractivity contribution in [2.75, 3.05) is 5.32 Å². The molecule has 0 aliphatic carbocycles. The molecule has 6 heteroatoms. The van der Waals surface area contributed by atoms with Gasteiger partial charge in [0.1, 0.15) is 18.2 Å². The quantitative estimate of drug-likeness (QED) is 0.469. The van der Waals surface area contributed by atoms with E-state index in [4.69, 9.17) is 4.74 Å². The Kier molecular flexibility index (Phi) is 7.25. The van der Waals surface area contributed by atoms with Gasteiger partial charge in [-0.25, -0.2) is 4.98 Å². The van der Waals surface area contributed by atoms with Crippen molar-refractivity contribution < 1.29 is 9.53 Å². The number of halogens is 1. The Morgan fingerprint density at radius 2 is 1.86 bits per heavy atom. The molecule has 0 saturated heterocycles. The zero-order valence-electron chi connectivity index (χ0n) is 15.9. The number of ether oxygens (including phenoxy) is 1. The van der Waals surface area contributed by atoms with Gasteiger partial charge in [-0.2, -0.15) is 0 Å². The number of unbranched alkanes of at least 4 members (excludes halogenated alkanes) is 1. The predicted octanol–water partition coefficient (Wildman–Crippen LogP) is 5.11. The molecule has 0 aliphatic heterocycles. The fourth-order valence-electron chi connectivity index (χ4n) is 2.81. The van der Waals surface area contributed by atoms with Crippen molar-refractivity contribution in [3.05, 3.63) is 76.8 Å². The van der Waals surface area contributed by atoms with Crippen molar-refractivity contribution in [3.63, 3.8) is 0 Å². The van der Waals surface area contributed by atoms with Crippen molar-refractivity contribution in [1.82, 2.24) is 9.55 Å². The highest BCUT2D eigenvalue weighted by Gasteiger charge is 2.04. The summed E-state index contributed by atoms with van der Waals surface area (Å²) in [6.45, 7) is 0.410. The first-order valence-corrected chi connectivity index (χ1v) is 10.1. The standard InChI is InChI=1S/C22H24BrN3O2/c1-26-15-14-24-21(26)16-28-20-12-10-19(11-13-20)25-22(27)5-3-2-4-17-6-8-18(23)9-7-17/h6-15H,2-5,16H2,1H3,(H,25,27). The first kappa shape index (κ1) is 20.1. The number of aromatic nitrogens is 2. The summed E-state index contributed by atoms with van der Waals surface area (Å²) in [6.07, 6.45) is 7.00. The van der Waals surface area contributed by atoms with Crippen LogP contribution in [-0.2, 0) is 24.9 Å². The Morgan fingerprint density at radius 3 is 2.54 bits per heavy atom. The summed E-state index contributed by atoms with van der Waals surface area (Å²) in [5, 5.41) is 2.94. The Morgan fingerprint density at radius 1 is 1.11 bits per heavy atom. The normalized spacial score (nSPS) is 10.6. The van der Waals surface area contributed by atoms with Crippen molar-refractivity contribution in [3.8, 4) is 5.75 Å². The summed E-state index contributed by atoms with van der Waals surface area (Å²) >= 11 is 3.44. The van der Waals surface area contributed by atoms with Gasteiger partial charge in [0.15, 0.2) is 0 Å². The van der Waals surface area contributed by atoms with E-state index in [0.717, 1.165) is 41.0 Å². The predicted molar refractivity (Wildman–Crippen MR) is 114 cm³/mol. The molecule has 1 aromatic heterocycles. The molecular weight excluding hydrogens is 418 g/mol. The summed E-state index contributed by atoms with van der Waals surface area (Å²) < 4.78 is 8.73. The number of imidazole rings is 1. The highest BCUT2D eigenvalue weighted by Crippen LogP contribution is 2.17. The Bertz CT molecular complexity index is 889. The van der Waals surface area contributed by atoms with Crippen LogP contribution in [0.5, 0.6) is 5.75 Å². The fraction of sp³-hybridized carbons (Fsp3) is 0.273. The molecule has 0 spiro atoms. The van der Waals surface area contributed by atoms with E-state index in [0.29, 0.717) is 13.0 Å². The number of anilines is 1. The zero-order valence-corrected chi connectivity index (χ0v) is 17.5. The monoisotopic (exact) mass is 441 g/mol. The number of hydrogen-bond donors (Lipinski definition) is 1. The zero-order chi connectivity index (χ0) is 19.8. The van der Waals surface area contributed by atoms with Crippen LogP contribution in [-0.4, -0.2) is 15.5 Å². The minimum absolute atomic E-state index is 0.0393. The average molecular weight is 442 g/mol. The summed E-state index contributed by atoms with van der Waals surface area (Å²) in [7, 11) is 1.93. The number of carbonyl (C=O) groups excluding carboxylic acids is 1. The number of aryl methyl sites for hydroxylation is 2. The molecule has 0 bridgehead atoms. The molecule has 5 nitrogen and oxygen atoms in total. The van der Waals surface area contributed by atoms with Gasteiger partial charge < -0.3 is 14.6 Å². The van der Waals surface area contributed by atoms with Gasteiger partial charge in [0, 0.05) is 36.0 Å². The van der Waals surface area contributed by atoms with E-state index in [9.17, 15) is 4.79 Å². The smallest absolute Gasteiger partial charge is 0.224 e. The highest BCUT2D eigenvalue weighted by molar-refractivity contribution is 9.10. The number of nitrogens with zero attached hydrogens (tertiary/aromatic N) is 2. The molecule has 0 aliphatic rings. The molecule has 1 heterocycles. The van der Waals surface area contributed by atoms with E-state index >= 15 is 0 Å². The number of carbonyl (C=O) groups is 1. The van der Waals surface area contributed by atoms with Gasteiger partial charge in [-0.05, 0) is 61.2 Å². The molecule has 1 amide bonds. The average Bonchev–Trinajstić information content (AvgIpc) is 3.11. The number of amides is 1. The van der Waals surface area contributed by atoms with E-state index < -0.39 is 0 Å². The fourth-order valence-corrected chi connectivity index (χ4v) is 3.07. The Labute approximate surface area is 173 Å². The van der Waals surface area contributed by atoms with Crippen LogP contribution < -0.4 is 10.1 Å². The number of benzene rings is 2. The maximum atomic E-state index is 12.1. The molecule has 1 N–H and O–H groups in total. The van der Waals surface area contributed by atoms with Gasteiger partial charge in [-0.1, -0.05) is 28.1 Å². The third kappa shape index (κ3) is 6.23. The van der Waals surface area contributed by atoms with Crippen molar-refractivity contribution in [2.24, 2.45) is 7.05 Å². The van der Waals surface area contributed by atoms with Crippen molar-refractivity contribution in [2.45, 2.75) is 32.3 Å². The molecule has 0 fully saturated rings. The lowest BCUT2D eigenvalue weighted by atomic mass is 10.1. The van der Waals surface area contributed by atoms with E-state index in [1.54, 1.807) is 6.20 Å². The molecule has 0 unspecified atom stereocenters. The second kappa shape index (κ2) is 10.1. The van der Waals surface area contributed by atoms with Gasteiger partial charge in [0.2, 0.25) is 5.91 Å². The molecule has 3 aromatic rings. The molecule has 0 radical (unpaired) electrons. The van der Waals surface area contributed by atoms with Crippen LogP contribution in [0, 0.1) is 0 Å². The third-order valence-corrected chi connectivity index (χ3v) is 4.99. The summed E-state index contributed by atoms with van der Waals surface area (Å²) in [4.78, 5) is 16.3. The minimum Gasteiger partial charge on any atom is -0.486 e. The van der Waals surface area contributed by atoms with Crippen LogP contribution >= 0.6 is 15.9 Å². The summed E-state index contributed by atoms with van der Waals surface area (Å²) in [6, 6.07) is 15.7. The lowest BCUT2D eigenvalue weighted by Crippen LogP contribution is -2.11. The van der Waals surface area contributed by atoms with E-state index in [1.807, 2.05) is 54.2 Å². The second-order valence-electron chi connectivity index (χ2n) is 6.65. The van der Waals surface area contributed by atoms with E-state index in [-0.39, 0.29) is 5.91 Å². The first-order valence-electron chi connectivity index (χ1n) is 9.33. The Hall–Kier alpha value is -2.60. The topological polar surface area (TPSA) is 56.1 Å². The molecule has 2 aromatic carbocycles. The van der Waals surface area contributed by atoms with Gasteiger partial charge in [-0.15, -0.1) is 0 Å². The van der Waals surface area contributed by atoms with Crippen LogP contribution in [0.25, 0.3) is 0 Å². The van der Waals surface area contributed by atoms with Crippen LogP contribution in [0.4, 0.5) is 5.69 Å². The largest absolute Gasteiger partial charge is 0.486 e. The lowest BCUT2D eigenvalue weighted by molar-refractivity contribution is -0.116. The molecule has 3 rings (SSSR count). The molecular formula is C22H24BrN3O2. The third-order valence-electron chi connectivity index (χ3n) is 4.46. The van der Waals surface area contributed by atoms with E-state index in [2.05, 4.69) is 38.4 Å². The first-order chi connectivity index (χ1) is 13.6. The number of hydrogen-bond acceptors (Lipinski definition) is 3. The minimum atomic E-state index is 0.0393. The van der Waals surface area contributed by atoms with Gasteiger partial charge in [0.05, 0.1) is 0 Å². The van der Waals surface area contributed by atoms with Crippen LogP contribution in [0.3, 0.4) is 0 Å². The molecule has 28 heavy (non-hydrogen) atoms. The molecule has 0 atom stereocenters. The highest BCUT2D eigenvalue weighted by atomic mass is 79.9. The second-order valence-corrected chi connectivity index (χ2v) is 7.56. The molecule has 146 valence electrons. The number of nitrogens with one attached hydrogen (secondary N) is 1. The summed E-state index contributed by atoms with van der Waals surface area (Å²) in [5.41, 5.74) is 2.08. The maximum absolute atomic E-state index is 12.1. The van der Waals surface area contributed by atoms with Gasteiger partial charge in [-0.3, -0.25) is 4.79 Å². The summed E-state index contributed by atoms with van der Waals surface area (Å²) in [5.74, 6) is 1.65. The van der Waals surface area contributed by atoms with Crippen LogP contribution in [0.2, 0.25) is 0 Å². The van der Waals surface area contributed by atoms with E-state index in [1.165, 1.54) is 5.56 Å². The van der Waals surface area contributed by atoms with Gasteiger partial charge in [0.25, 0.3) is 0 Å². The van der Waals surface area contributed by atoms with Crippen LogP contribution in [0.15, 0.2) is 65.4 Å². The SMILES string of the molecule is Cn1ccnc1COc1ccc(NC(=O)CCCCc2ccc(Br)cc2)cc1. The lowest BCUT2D eigenvalue weighted by Gasteiger charge is -2.08. The van der Waals surface area contributed by atoms with Gasteiger partial charge >= 0.3 is 0 Å². The molecule has 0 saturated carbocycles. The maximum Gasteiger partial charge on any atom is 0.224 e. The Balaban J connectivity index is 1.36. The van der Waals surface area contributed by atoms with Crippen LogP contribution in [0.1, 0.15) is 30.7 Å². The van der Waals surface area contributed by atoms with Crippen molar-refractivity contribution in [1.29, 1.82) is 0 Å². The van der Waals surface area contributed by atoms with Crippen molar-refractivity contribution >= 4 is 27.5 Å².